The summed E-state index contributed by atoms with van der Waals surface area (Å²) in [5.74, 6) is -1.65. The number of carbonyl (C=O) groups excluding carboxylic acids is 2. The average molecular weight is 515 g/mol. The standard InChI is InChI=1S/C21H20Cl2N2O5S2/c1-2-30-18(27)12-25-19-15(22)8-9-16(23)20(19)31-21(25)24-17(26)10-11-32(28,29)13-14-6-4-3-5-7-14/h3-9H,2,10-13H2,1H3. The molecule has 1 aromatic heterocycles. The van der Waals surface area contributed by atoms with Crippen molar-refractivity contribution in [3.63, 3.8) is 0 Å². The molecule has 0 spiro atoms. The van der Waals surface area contributed by atoms with E-state index in [-0.39, 0.29) is 35.9 Å². The minimum Gasteiger partial charge on any atom is -0.465 e. The average Bonchev–Trinajstić information content (AvgIpc) is 3.09. The van der Waals surface area contributed by atoms with Crippen LogP contribution in [-0.4, -0.2) is 37.2 Å². The molecular formula is C21H20Cl2N2O5S2. The summed E-state index contributed by atoms with van der Waals surface area (Å²) < 4.78 is 31.8. The number of halogens is 2. The molecule has 0 N–H and O–H groups in total. The third kappa shape index (κ3) is 6.19. The number of carbonyl (C=O) groups is 2. The molecule has 0 atom stereocenters. The topological polar surface area (TPSA) is 94.8 Å². The number of rotatable bonds is 8. The fraction of sp³-hybridized carbons (Fsp3) is 0.286. The van der Waals surface area contributed by atoms with Crippen molar-refractivity contribution in [2.45, 2.75) is 25.6 Å². The molecule has 1 amide bonds. The van der Waals surface area contributed by atoms with Crippen LogP contribution in [0, 0.1) is 0 Å². The van der Waals surface area contributed by atoms with E-state index >= 15 is 0 Å². The first kappa shape index (κ1) is 24.4. The van der Waals surface area contributed by atoms with E-state index in [0.29, 0.717) is 25.8 Å². The molecule has 0 aliphatic carbocycles. The summed E-state index contributed by atoms with van der Waals surface area (Å²) in [5.41, 5.74) is 1.11. The summed E-state index contributed by atoms with van der Waals surface area (Å²) in [5, 5.41) is 0.732. The van der Waals surface area contributed by atoms with Crippen molar-refractivity contribution < 1.29 is 22.7 Å². The molecule has 11 heteroatoms. The van der Waals surface area contributed by atoms with Gasteiger partial charge in [-0.05, 0) is 24.6 Å². The lowest BCUT2D eigenvalue weighted by Gasteiger charge is -2.06. The van der Waals surface area contributed by atoms with Gasteiger partial charge in [0, 0.05) is 6.42 Å². The number of aromatic nitrogens is 1. The quantitative estimate of drug-likeness (QED) is 0.423. The number of ether oxygens (including phenoxy) is 1. The van der Waals surface area contributed by atoms with Crippen LogP contribution in [0.25, 0.3) is 10.2 Å². The van der Waals surface area contributed by atoms with Gasteiger partial charge >= 0.3 is 5.97 Å². The Bertz CT molecular complexity index is 1320. The van der Waals surface area contributed by atoms with Crippen molar-refractivity contribution in [2.24, 2.45) is 4.99 Å². The van der Waals surface area contributed by atoms with E-state index in [9.17, 15) is 18.0 Å². The van der Waals surface area contributed by atoms with Crippen molar-refractivity contribution in [3.05, 3.63) is 62.9 Å². The summed E-state index contributed by atoms with van der Waals surface area (Å²) in [6.07, 6.45) is -0.287. The molecule has 0 saturated heterocycles. The first-order chi connectivity index (χ1) is 15.2. The molecule has 3 aromatic rings. The van der Waals surface area contributed by atoms with E-state index in [1.807, 2.05) is 0 Å². The van der Waals surface area contributed by atoms with Crippen molar-refractivity contribution in [3.8, 4) is 0 Å². The second-order valence-electron chi connectivity index (χ2n) is 6.82. The molecule has 32 heavy (non-hydrogen) atoms. The Balaban J connectivity index is 1.88. The van der Waals surface area contributed by atoms with E-state index in [2.05, 4.69) is 4.99 Å². The van der Waals surface area contributed by atoms with Gasteiger partial charge in [0.1, 0.15) is 6.54 Å². The normalized spacial score (nSPS) is 12.3. The minimum atomic E-state index is -3.50. The summed E-state index contributed by atoms with van der Waals surface area (Å²) in [7, 11) is -3.50. The Morgan fingerprint density at radius 3 is 2.47 bits per heavy atom. The van der Waals surface area contributed by atoms with Crippen LogP contribution in [0.4, 0.5) is 0 Å². The molecule has 7 nitrogen and oxygen atoms in total. The smallest absolute Gasteiger partial charge is 0.326 e. The number of hydrogen-bond donors (Lipinski definition) is 0. The summed E-state index contributed by atoms with van der Waals surface area (Å²) in [6, 6.07) is 11.9. The highest BCUT2D eigenvalue weighted by Crippen LogP contribution is 2.31. The van der Waals surface area contributed by atoms with Crippen LogP contribution in [0.5, 0.6) is 0 Å². The number of sulfone groups is 1. The van der Waals surface area contributed by atoms with Gasteiger partial charge < -0.3 is 9.30 Å². The molecule has 0 unspecified atom stereocenters. The van der Waals surface area contributed by atoms with Gasteiger partial charge in [0.2, 0.25) is 5.91 Å². The molecule has 0 saturated carbocycles. The Morgan fingerprint density at radius 2 is 1.78 bits per heavy atom. The number of benzene rings is 2. The van der Waals surface area contributed by atoms with E-state index in [0.717, 1.165) is 11.3 Å². The fourth-order valence-electron chi connectivity index (χ4n) is 2.98. The van der Waals surface area contributed by atoms with Crippen LogP contribution in [0.3, 0.4) is 0 Å². The van der Waals surface area contributed by atoms with Gasteiger partial charge in [-0.1, -0.05) is 64.9 Å². The Kier molecular flexibility index (Phi) is 8.10. The zero-order chi connectivity index (χ0) is 23.3. The zero-order valence-corrected chi connectivity index (χ0v) is 20.2. The van der Waals surface area contributed by atoms with Crippen LogP contribution in [0.15, 0.2) is 47.5 Å². The van der Waals surface area contributed by atoms with Crippen LogP contribution in [0.1, 0.15) is 18.9 Å². The summed E-state index contributed by atoms with van der Waals surface area (Å²) in [4.78, 5) is 28.8. The van der Waals surface area contributed by atoms with Gasteiger partial charge in [-0.2, -0.15) is 4.99 Å². The minimum absolute atomic E-state index is 0.155. The molecular weight excluding hydrogens is 495 g/mol. The second-order valence-corrected chi connectivity index (χ2v) is 10.8. The van der Waals surface area contributed by atoms with E-state index in [4.69, 9.17) is 27.9 Å². The molecule has 0 aliphatic rings. The highest BCUT2D eigenvalue weighted by Gasteiger charge is 2.18. The molecule has 3 rings (SSSR count). The molecule has 2 aromatic carbocycles. The lowest BCUT2D eigenvalue weighted by Crippen LogP contribution is -2.23. The number of esters is 1. The van der Waals surface area contributed by atoms with Crippen molar-refractivity contribution in [2.75, 3.05) is 12.4 Å². The third-order valence-electron chi connectivity index (χ3n) is 4.40. The number of nitrogens with zero attached hydrogens (tertiary/aromatic N) is 2. The Hall–Kier alpha value is -2.20. The monoisotopic (exact) mass is 514 g/mol. The highest BCUT2D eigenvalue weighted by molar-refractivity contribution is 7.90. The van der Waals surface area contributed by atoms with Gasteiger partial charge in [-0.25, -0.2) is 8.42 Å². The molecule has 0 radical (unpaired) electrons. The van der Waals surface area contributed by atoms with Gasteiger partial charge in [-0.3, -0.25) is 9.59 Å². The van der Waals surface area contributed by atoms with Gasteiger partial charge in [-0.15, -0.1) is 0 Å². The maximum Gasteiger partial charge on any atom is 0.326 e. The van der Waals surface area contributed by atoms with Gasteiger partial charge in [0.15, 0.2) is 14.6 Å². The SMILES string of the molecule is CCOC(=O)Cn1c(=NC(=O)CCS(=O)(=O)Cc2ccccc2)sc2c(Cl)ccc(Cl)c21. The molecule has 1 heterocycles. The van der Waals surface area contributed by atoms with E-state index in [1.165, 1.54) is 4.57 Å². The largest absolute Gasteiger partial charge is 0.465 e. The van der Waals surface area contributed by atoms with Gasteiger partial charge in [0.05, 0.1) is 38.4 Å². The number of amides is 1. The molecule has 170 valence electrons. The molecule has 0 aliphatic heterocycles. The van der Waals surface area contributed by atoms with Crippen LogP contribution < -0.4 is 4.80 Å². The van der Waals surface area contributed by atoms with E-state index < -0.39 is 21.7 Å². The van der Waals surface area contributed by atoms with Crippen molar-refractivity contribution in [1.82, 2.24) is 4.57 Å². The number of hydrogen-bond acceptors (Lipinski definition) is 6. The molecule has 0 fully saturated rings. The fourth-order valence-corrected chi connectivity index (χ4v) is 5.98. The van der Waals surface area contributed by atoms with Crippen LogP contribution in [-0.2, 0) is 36.5 Å². The van der Waals surface area contributed by atoms with Crippen LogP contribution >= 0.6 is 34.5 Å². The predicted octanol–water partition coefficient (Wildman–Crippen LogP) is 4.01. The number of thiazole rings is 1. The lowest BCUT2D eigenvalue weighted by atomic mass is 10.2. The lowest BCUT2D eigenvalue weighted by molar-refractivity contribution is -0.143. The maximum absolute atomic E-state index is 12.5. The molecule has 0 bridgehead atoms. The maximum atomic E-state index is 12.5. The zero-order valence-electron chi connectivity index (χ0n) is 17.1. The van der Waals surface area contributed by atoms with Gasteiger partial charge in [0.25, 0.3) is 0 Å². The predicted molar refractivity (Wildman–Crippen MR) is 126 cm³/mol. The van der Waals surface area contributed by atoms with Crippen LogP contribution in [0.2, 0.25) is 10.0 Å². The van der Waals surface area contributed by atoms with Crippen molar-refractivity contribution in [1.29, 1.82) is 0 Å². The van der Waals surface area contributed by atoms with E-state index in [1.54, 1.807) is 49.4 Å². The third-order valence-corrected chi connectivity index (χ3v) is 7.84. The second kappa shape index (κ2) is 10.6. The summed E-state index contributed by atoms with van der Waals surface area (Å²) in [6.45, 7) is 1.66. The Labute approximate surface area is 199 Å². The van der Waals surface area contributed by atoms with Crippen molar-refractivity contribution >= 4 is 66.5 Å². The Morgan fingerprint density at radius 1 is 1.09 bits per heavy atom. The highest BCUT2D eigenvalue weighted by atomic mass is 35.5. The first-order valence-electron chi connectivity index (χ1n) is 9.65. The summed E-state index contributed by atoms with van der Waals surface area (Å²) >= 11 is 13.7. The number of fused-ring (bicyclic) bond motifs is 1. The first-order valence-corrected chi connectivity index (χ1v) is 13.0.